The van der Waals surface area contributed by atoms with Crippen molar-refractivity contribution in [1.82, 2.24) is 20.3 Å². The van der Waals surface area contributed by atoms with Crippen molar-refractivity contribution in [2.45, 2.75) is 94.0 Å². The van der Waals surface area contributed by atoms with E-state index in [9.17, 15) is 22.8 Å². The first kappa shape index (κ1) is 37.0. The lowest BCUT2D eigenvalue weighted by atomic mass is 9.73. The summed E-state index contributed by atoms with van der Waals surface area (Å²) in [6, 6.07) is 24.4. The highest BCUT2D eigenvalue weighted by Crippen LogP contribution is 2.51. The van der Waals surface area contributed by atoms with Gasteiger partial charge >= 0.3 is 6.09 Å². The number of nitrogens with zero attached hydrogens (tertiary/aromatic N) is 1. The minimum atomic E-state index is -3.75. The molecule has 2 aliphatic rings. The van der Waals surface area contributed by atoms with Gasteiger partial charge in [0.15, 0.2) is 0 Å². The van der Waals surface area contributed by atoms with Crippen molar-refractivity contribution in [2.75, 3.05) is 19.7 Å². The van der Waals surface area contributed by atoms with Crippen LogP contribution < -0.4 is 15.4 Å². The first-order valence-electron chi connectivity index (χ1n) is 17.0. The number of alkyl carbamates (subject to hydrolysis) is 1. The summed E-state index contributed by atoms with van der Waals surface area (Å²) in [6.45, 7) is 9.28. The molecule has 0 aromatic heterocycles. The fourth-order valence-electron chi connectivity index (χ4n) is 6.70. The number of fused-ring (bicyclic) bond motifs is 2. The third-order valence-electron chi connectivity index (χ3n) is 9.27. The van der Waals surface area contributed by atoms with Crippen LogP contribution in [-0.4, -0.2) is 68.1 Å². The fourth-order valence-corrected chi connectivity index (χ4v) is 7.94. The van der Waals surface area contributed by atoms with E-state index in [4.69, 9.17) is 9.47 Å². The molecule has 0 radical (unpaired) electrons. The molecule has 1 fully saturated rings. The molecule has 1 heterocycles. The minimum Gasteiger partial charge on any atom is -0.444 e. The standard InChI is InChI=1S/C38H48N4O7S/c1-36(2,3)49-35(45)40-37(4,5)34(44)39-32(26-48-25-27-14-8-6-9-15-27)33(43)42-22-20-38(21-23-42)24-31(29-18-12-13-19-30(29)38)41-50(46,47)28-16-10-7-11-17-28/h6-19,31-32,41H,20-26H2,1-5H3,(H,39,44)(H,40,45)/t31?,32-/m1/s1. The van der Waals surface area contributed by atoms with E-state index >= 15 is 0 Å². The summed E-state index contributed by atoms with van der Waals surface area (Å²) in [5.74, 6) is -0.848. The Kier molecular flexibility index (Phi) is 11.0. The van der Waals surface area contributed by atoms with Crippen LogP contribution in [0.3, 0.4) is 0 Å². The van der Waals surface area contributed by atoms with E-state index in [1.807, 2.05) is 48.5 Å². The third kappa shape index (κ3) is 8.90. The maximum Gasteiger partial charge on any atom is 0.408 e. The van der Waals surface area contributed by atoms with Crippen molar-refractivity contribution in [3.63, 3.8) is 0 Å². The Hall–Kier alpha value is -4.26. The number of ether oxygens (including phenoxy) is 2. The van der Waals surface area contributed by atoms with Gasteiger partial charge in [0.1, 0.15) is 17.2 Å². The SMILES string of the molecule is CC(C)(C)OC(=O)NC(C)(C)C(=O)N[C@H](COCc1ccccc1)C(=O)N1CCC2(CC1)CC(NS(=O)(=O)c1ccccc1)c1ccccc12. The van der Waals surface area contributed by atoms with Crippen LogP contribution in [0.25, 0.3) is 0 Å². The molecule has 268 valence electrons. The summed E-state index contributed by atoms with van der Waals surface area (Å²) in [5.41, 5.74) is 0.512. The molecule has 0 saturated carbocycles. The van der Waals surface area contributed by atoms with Crippen LogP contribution in [0.2, 0.25) is 0 Å². The number of nitrogens with one attached hydrogen (secondary N) is 3. The smallest absolute Gasteiger partial charge is 0.408 e. The van der Waals surface area contributed by atoms with E-state index in [0.717, 1.165) is 16.7 Å². The van der Waals surface area contributed by atoms with E-state index < -0.39 is 45.2 Å². The molecule has 1 spiro atoms. The average Bonchev–Trinajstić information content (AvgIpc) is 3.35. The quantitative estimate of drug-likeness (QED) is 0.256. The Morgan fingerprint density at radius 2 is 1.48 bits per heavy atom. The van der Waals surface area contributed by atoms with Crippen molar-refractivity contribution in [3.05, 3.63) is 102 Å². The van der Waals surface area contributed by atoms with E-state index in [0.29, 0.717) is 32.4 Å². The summed E-state index contributed by atoms with van der Waals surface area (Å²) in [6.07, 6.45) is 1.07. The molecular weight excluding hydrogens is 657 g/mol. The molecule has 11 nitrogen and oxygen atoms in total. The molecule has 1 aliphatic heterocycles. The number of sulfonamides is 1. The van der Waals surface area contributed by atoms with Crippen molar-refractivity contribution < 1.29 is 32.3 Å². The monoisotopic (exact) mass is 704 g/mol. The molecule has 0 bridgehead atoms. The van der Waals surface area contributed by atoms with Gasteiger partial charge in [0.25, 0.3) is 0 Å². The Balaban J connectivity index is 1.29. The van der Waals surface area contributed by atoms with Crippen LogP contribution in [0.15, 0.2) is 89.8 Å². The Morgan fingerprint density at radius 1 is 0.880 bits per heavy atom. The second-order valence-corrected chi connectivity index (χ2v) is 16.4. The molecule has 1 saturated heterocycles. The number of amides is 3. The lowest BCUT2D eigenvalue weighted by Gasteiger charge is -2.41. The van der Waals surface area contributed by atoms with Crippen LogP contribution in [0.4, 0.5) is 4.79 Å². The molecule has 3 aromatic rings. The predicted molar refractivity (Wildman–Crippen MR) is 190 cm³/mol. The molecule has 2 atom stereocenters. The van der Waals surface area contributed by atoms with Gasteiger partial charge in [0.2, 0.25) is 21.8 Å². The third-order valence-corrected chi connectivity index (χ3v) is 10.8. The number of hydrogen-bond donors (Lipinski definition) is 3. The van der Waals surface area contributed by atoms with E-state index in [1.165, 1.54) is 0 Å². The highest BCUT2D eigenvalue weighted by atomic mass is 32.2. The van der Waals surface area contributed by atoms with Gasteiger partial charge < -0.3 is 25.0 Å². The first-order valence-corrected chi connectivity index (χ1v) is 18.5. The number of likely N-dealkylation sites (tertiary alicyclic amines) is 1. The first-order chi connectivity index (χ1) is 23.6. The molecular formula is C38H48N4O7S. The maximum atomic E-state index is 14.1. The normalized spacial score (nSPS) is 17.9. The van der Waals surface area contributed by atoms with Crippen molar-refractivity contribution >= 4 is 27.9 Å². The Bertz CT molecular complexity index is 1770. The van der Waals surface area contributed by atoms with E-state index in [2.05, 4.69) is 21.4 Å². The van der Waals surface area contributed by atoms with Crippen molar-refractivity contribution in [3.8, 4) is 0 Å². The number of benzene rings is 3. The minimum absolute atomic E-state index is 0.0736. The number of carbonyl (C=O) groups is 3. The van der Waals surface area contributed by atoms with Gasteiger partial charge in [-0.15, -0.1) is 0 Å². The number of hydrogen-bond acceptors (Lipinski definition) is 7. The molecule has 5 rings (SSSR count). The zero-order chi connectivity index (χ0) is 36.2. The Labute approximate surface area is 295 Å². The maximum absolute atomic E-state index is 14.1. The van der Waals surface area contributed by atoms with Gasteiger partial charge in [-0.1, -0.05) is 72.8 Å². The predicted octanol–water partition coefficient (Wildman–Crippen LogP) is 4.98. The molecule has 3 amide bonds. The molecule has 3 N–H and O–H groups in total. The van der Waals surface area contributed by atoms with Crippen LogP contribution in [-0.2, 0) is 41.1 Å². The molecule has 3 aromatic carbocycles. The van der Waals surface area contributed by atoms with Crippen molar-refractivity contribution in [2.24, 2.45) is 0 Å². The molecule has 1 unspecified atom stereocenters. The lowest BCUT2D eigenvalue weighted by Crippen LogP contribution is -2.61. The second kappa shape index (κ2) is 14.9. The highest BCUT2D eigenvalue weighted by molar-refractivity contribution is 7.89. The summed E-state index contributed by atoms with van der Waals surface area (Å²) in [5, 5.41) is 5.44. The summed E-state index contributed by atoms with van der Waals surface area (Å²) in [7, 11) is -3.75. The van der Waals surface area contributed by atoms with Gasteiger partial charge in [0.05, 0.1) is 18.1 Å². The van der Waals surface area contributed by atoms with Gasteiger partial charge in [-0.05, 0) is 82.7 Å². The van der Waals surface area contributed by atoms with Gasteiger partial charge in [-0.2, -0.15) is 0 Å². The fraction of sp³-hybridized carbons (Fsp3) is 0.447. The van der Waals surface area contributed by atoms with Crippen LogP contribution in [0.5, 0.6) is 0 Å². The zero-order valence-electron chi connectivity index (χ0n) is 29.4. The van der Waals surface area contributed by atoms with E-state index in [-0.39, 0.29) is 29.4 Å². The molecule has 12 heteroatoms. The van der Waals surface area contributed by atoms with Crippen LogP contribution in [0, 0.1) is 0 Å². The summed E-state index contributed by atoms with van der Waals surface area (Å²) < 4.78 is 40.8. The van der Waals surface area contributed by atoms with Gasteiger partial charge in [-0.3, -0.25) is 9.59 Å². The number of carbonyl (C=O) groups excluding carboxylic acids is 3. The zero-order valence-corrected chi connectivity index (χ0v) is 30.2. The van der Waals surface area contributed by atoms with Crippen LogP contribution >= 0.6 is 0 Å². The Morgan fingerprint density at radius 3 is 2.12 bits per heavy atom. The van der Waals surface area contributed by atoms with Gasteiger partial charge in [0, 0.05) is 24.5 Å². The number of piperidine rings is 1. The topological polar surface area (TPSA) is 143 Å². The van der Waals surface area contributed by atoms with Gasteiger partial charge in [-0.25, -0.2) is 17.9 Å². The largest absolute Gasteiger partial charge is 0.444 e. The molecule has 1 aliphatic carbocycles. The average molecular weight is 705 g/mol. The molecule has 50 heavy (non-hydrogen) atoms. The lowest BCUT2D eigenvalue weighted by molar-refractivity contribution is -0.141. The summed E-state index contributed by atoms with van der Waals surface area (Å²) in [4.78, 5) is 42.1. The number of rotatable bonds is 11. The van der Waals surface area contributed by atoms with E-state index in [1.54, 1.807) is 69.9 Å². The highest BCUT2D eigenvalue weighted by Gasteiger charge is 2.47. The summed E-state index contributed by atoms with van der Waals surface area (Å²) >= 11 is 0. The van der Waals surface area contributed by atoms with Crippen molar-refractivity contribution in [1.29, 1.82) is 0 Å². The second-order valence-electron chi connectivity index (χ2n) is 14.7. The van der Waals surface area contributed by atoms with Crippen LogP contribution in [0.1, 0.15) is 76.6 Å².